The maximum atomic E-state index is 9.55. The summed E-state index contributed by atoms with van der Waals surface area (Å²) >= 11 is 4.02. The Labute approximate surface area is 94.4 Å². The molecule has 0 amide bonds. The van der Waals surface area contributed by atoms with Gasteiger partial charge in [0.1, 0.15) is 18.3 Å². The molecule has 0 aromatic rings. The number of aliphatic hydroxyl groups is 3. The summed E-state index contributed by atoms with van der Waals surface area (Å²) < 4.78 is 10.5. The standard InChI is InChI=1S/C9H18O5S/c1-5-6(10)7(11)8(12)9(14-5)13-3-2-4-15/h5-12,15H,2-4H2,1H3. The summed E-state index contributed by atoms with van der Waals surface area (Å²) in [6.45, 7) is 2.02. The number of aliphatic hydroxyl groups excluding tert-OH is 3. The van der Waals surface area contributed by atoms with E-state index >= 15 is 0 Å². The molecule has 1 saturated heterocycles. The molecular weight excluding hydrogens is 220 g/mol. The minimum absolute atomic E-state index is 0.404. The van der Waals surface area contributed by atoms with Crippen molar-refractivity contribution in [2.24, 2.45) is 0 Å². The normalized spacial score (nSPS) is 41.8. The van der Waals surface area contributed by atoms with Crippen molar-refractivity contribution in [1.82, 2.24) is 0 Å². The van der Waals surface area contributed by atoms with Gasteiger partial charge in [-0.3, -0.25) is 0 Å². The fourth-order valence-electron chi connectivity index (χ4n) is 1.42. The van der Waals surface area contributed by atoms with Crippen molar-refractivity contribution in [3.63, 3.8) is 0 Å². The van der Waals surface area contributed by atoms with Gasteiger partial charge in [0, 0.05) is 0 Å². The number of thiol groups is 1. The molecule has 15 heavy (non-hydrogen) atoms. The molecule has 0 bridgehead atoms. The molecule has 1 rings (SSSR count). The van der Waals surface area contributed by atoms with E-state index in [4.69, 9.17) is 9.47 Å². The average molecular weight is 238 g/mol. The highest BCUT2D eigenvalue weighted by atomic mass is 32.1. The molecule has 1 heterocycles. The molecule has 0 radical (unpaired) electrons. The molecule has 6 heteroatoms. The van der Waals surface area contributed by atoms with Crippen molar-refractivity contribution in [1.29, 1.82) is 0 Å². The Kier molecular flexibility index (Phi) is 5.31. The Hall–Kier alpha value is 0.150. The predicted molar refractivity (Wildman–Crippen MR) is 56.8 cm³/mol. The summed E-state index contributed by atoms with van der Waals surface area (Å²) in [6, 6.07) is 0. The Morgan fingerprint density at radius 3 is 2.47 bits per heavy atom. The molecular formula is C9H18O5S. The van der Waals surface area contributed by atoms with Gasteiger partial charge >= 0.3 is 0 Å². The fraction of sp³-hybridized carbons (Fsp3) is 1.00. The maximum absolute atomic E-state index is 9.55. The van der Waals surface area contributed by atoms with Gasteiger partial charge in [-0.2, -0.15) is 12.6 Å². The smallest absolute Gasteiger partial charge is 0.186 e. The van der Waals surface area contributed by atoms with Crippen LogP contribution in [0.5, 0.6) is 0 Å². The first-order valence-electron chi connectivity index (χ1n) is 5.00. The topological polar surface area (TPSA) is 79.2 Å². The first-order valence-corrected chi connectivity index (χ1v) is 5.63. The zero-order valence-electron chi connectivity index (χ0n) is 8.61. The van der Waals surface area contributed by atoms with E-state index in [2.05, 4.69) is 12.6 Å². The quantitative estimate of drug-likeness (QED) is 0.379. The molecule has 1 aliphatic rings. The number of hydrogen-bond donors (Lipinski definition) is 4. The highest BCUT2D eigenvalue weighted by Gasteiger charge is 2.42. The van der Waals surface area contributed by atoms with Crippen LogP contribution >= 0.6 is 12.6 Å². The van der Waals surface area contributed by atoms with Crippen molar-refractivity contribution in [3.8, 4) is 0 Å². The van der Waals surface area contributed by atoms with Crippen molar-refractivity contribution in [3.05, 3.63) is 0 Å². The van der Waals surface area contributed by atoms with Crippen LogP contribution in [0.3, 0.4) is 0 Å². The van der Waals surface area contributed by atoms with Crippen LogP contribution in [0, 0.1) is 0 Å². The molecule has 0 aromatic heterocycles. The minimum atomic E-state index is -1.23. The van der Waals surface area contributed by atoms with Crippen molar-refractivity contribution in [2.45, 2.75) is 44.1 Å². The molecule has 5 unspecified atom stereocenters. The van der Waals surface area contributed by atoms with Crippen LogP contribution in [0.1, 0.15) is 13.3 Å². The predicted octanol–water partition coefficient (Wildman–Crippen LogP) is -0.850. The molecule has 0 aromatic carbocycles. The molecule has 0 spiro atoms. The van der Waals surface area contributed by atoms with E-state index in [0.29, 0.717) is 12.4 Å². The number of hydrogen-bond acceptors (Lipinski definition) is 6. The zero-order chi connectivity index (χ0) is 11.4. The van der Waals surface area contributed by atoms with Gasteiger partial charge in [0.05, 0.1) is 12.7 Å². The molecule has 1 aliphatic heterocycles. The van der Waals surface area contributed by atoms with Crippen LogP contribution < -0.4 is 0 Å². The summed E-state index contributed by atoms with van der Waals surface area (Å²) in [5.74, 6) is 0.684. The summed E-state index contributed by atoms with van der Waals surface area (Å²) in [4.78, 5) is 0. The third-order valence-electron chi connectivity index (χ3n) is 2.39. The maximum Gasteiger partial charge on any atom is 0.186 e. The van der Waals surface area contributed by atoms with E-state index in [1.165, 1.54) is 0 Å². The lowest BCUT2D eigenvalue weighted by molar-refractivity contribution is -0.292. The van der Waals surface area contributed by atoms with Gasteiger partial charge in [0.2, 0.25) is 0 Å². The highest BCUT2D eigenvalue weighted by molar-refractivity contribution is 7.80. The molecule has 90 valence electrons. The first-order chi connectivity index (χ1) is 7.07. The Bertz CT molecular complexity index is 191. The van der Waals surface area contributed by atoms with Gasteiger partial charge < -0.3 is 24.8 Å². The largest absolute Gasteiger partial charge is 0.388 e. The summed E-state index contributed by atoms with van der Waals surface area (Å²) in [5.41, 5.74) is 0. The fourth-order valence-corrected chi connectivity index (χ4v) is 1.54. The highest BCUT2D eigenvalue weighted by Crippen LogP contribution is 2.21. The van der Waals surface area contributed by atoms with Crippen molar-refractivity contribution >= 4 is 12.6 Å². The Morgan fingerprint density at radius 2 is 1.87 bits per heavy atom. The second-order valence-electron chi connectivity index (χ2n) is 3.63. The first kappa shape index (κ1) is 13.2. The van der Waals surface area contributed by atoms with Crippen molar-refractivity contribution < 1.29 is 24.8 Å². The van der Waals surface area contributed by atoms with Gasteiger partial charge in [-0.25, -0.2) is 0 Å². The molecule has 0 saturated carbocycles. The summed E-state index contributed by atoms with van der Waals surface area (Å²) in [6.07, 6.45) is -4.21. The van der Waals surface area contributed by atoms with E-state index in [-0.39, 0.29) is 0 Å². The second kappa shape index (κ2) is 6.03. The molecule has 1 fully saturated rings. The van der Waals surface area contributed by atoms with Gasteiger partial charge in [-0.05, 0) is 19.1 Å². The third kappa shape index (κ3) is 3.30. The molecule has 5 atom stereocenters. The lowest BCUT2D eigenvalue weighted by atomic mass is 10.0. The van der Waals surface area contributed by atoms with Gasteiger partial charge in [0.15, 0.2) is 6.29 Å². The zero-order valence-corrected chi connectivity index (χ0v) is 9.51. The lowest BCUT2D eigenvalue weighted by Gasteiger charge is -2.38. The Morgan fingerprint density at radius 1 is 1.20 bits per heavy atom. The number of ether oxygens (including phenoxy) is 2. The second-order valence-corrected chi connectivity index (χ2v) is 4.08. The van der Waals surface area contributed by atoms with Crippen molar-refractivity contribution in [2.75, 3.05) is 12.4 Å². The van der Waals surface area contributed by atoms with E-state index in [1.54, 1.807) is 6.92 Å². The lowest BCUT2D eigenvalue weighted by Crippen LogP contribution is -2.57. The average Bonchev–Trinajstić information content (AvgIpc) is 2.23. The molecule has 0 aliphatic carbocycles. The molecule has 5 nitrogen and oxygen atoms in total. The van der Waals surface area contributed by atoms with Gasteiger partial charge in [-0.15, -0.1) is 0 Å². The van der Waals surface area contributed by atoms with Crippen LogP contribution in [-0.4, -0.2) is 58.4 Å². The van der Waals surface area contributed by atoms with Crippen LogP contribution in [0.4, 0.5) is 0 Å². The van der Waals surface area contributed by atoms with Crippen LogP contribution in [0.15, 0.2) is 0 Å². The van der Waals surface area contributed by atoms with Crippen LogP contribution in [-0.2, 0) is 9.47 Å². The van der Waals surface area contributed by atoms with Gasteiger partial charge in [-0.1, -0.05) is 0 Å². The Balaban J connectivity index is 2.43. The monoisotopic (exact) mass is 238 g/mol. The van der Waals surface area contributed by atoms with E-state index in [1.807, 2.05) is 0 Å². The third-order valence-corrected chi connectivity index (χ3v) is 2.71. The van der Waals surface area contributed by atoms with E-state index < -0.39 is 30.7 Å². The van der Waals surface area contributed by atoms with Gasteiger partial charge in [0.25, 0.3) is 0 Å². The SMILES string of the molecule is CC1OC(OCCCS)C(O)C(O)C1O. The minimum Gasteiger partial charge on any atom is -0.388 e. The van der Waals surface area contributed by atoms with E-state index in [0.717, 1.165) is 6.42 Å². The summed E-state index contributed by atoms with van der Waals surface area (Å²) in [7, 11) is 0. The number of rotatable bonds is 4. The summed E-state index contributed by atoms with van der Waals surface area (Å²) in [5, 5.41) is 28.4. The van der Waals surface area contributed by atoms with E-state index in [9.17, 15) is 15.3 Å². The molecule has 3 N–H and O–H groups in total. The van der Waals surface area contributed by atoms with Crippen LogP contribution in [0.2, 0.25) is 0 Å². The van der Waals surface area contributed by atoms with Crippen LogP contribution in [0.25, 0.3) is 0 Å².